The number of hydrogen-bond acceptors (Lipinski definition) is 5. The van der Waals surface area contributed by atoms with Crippen LogP contribution in [0.5, 0.6) is 0 Å². The van der Waals surface area contributed by atoms with Crippen molar-refractivity contribution < 1.29 is 14.3 Å². The topological polar surface area (TPSA) is 76.5 Å². The highest BCUT2D eigenvalue weighted by atomic mass is 32.1. The third-order valence-corrected chi connectivity index (χ3v) is 7.52. The zero-order chi connectivity index (χ0) is 26.5. The van der Waals surface area contributed by atoms with Crippen LogP contribution in [0.15, 0.2) is 78.3 Å². The first-order valence-electron chi connectivity index (χ1n) is 13.0. The van der Waals surface area contributed by atoms with Crippen LogP contribution in [-0.4, -0.2) is 52.1 Å². The zero-order valence-electron chi connectivity index (χ0n) is 21.7. The van der Waals surface area contributed by atoms with Gasteiger partial charge in [0.2, 0.25) is 11.9 Å². The molecule has 0 bridgehead atoms. The van der Waals surface area contributed by atoms with Gasteiger partial charge in [0, 0.05) is 30.6 Å². The van der Waals surface area contributed by atoms with Crippen molar-refractivity contribution in [2.75, 3.05) is 25.0 Å². The van der Waals surface area contributed by atoms with E-state index in [0.29, 0.717) is 29.9 Å². The van der Waals surface area contributed by atoms with Gasteiger partial charge in [-0.25, -0.2) is 4.98 Å². The van der Waals surface area contributed by atoms with E-state index in [1.807, 2.05) is 64.7 Å². The average Bonchev–Trinajstić information content (AvgIpc) is 3.71. The van der Waals surface area contributed by atoms with Crippen LogP contribution < -0.4 is 5.32 Å². The summed E-state index contributed by atoms with van der Waals surface area (Å²) in [4.78, 5) is 33.5. The Morgan fingerprint density at radius 2 is 1.89 bits per heavy atom. The summed E-state index contributed by atoms with van der Waals surface area (Å²) in [6.07, 6.45) is 3.72. The number of amides is 2. The Bertz CT molecular complexity index is 1360. The van der Waals surface area contributed by atoms with Gasteiger partial charge in [0.1, 0.15) is 6.54 Å². The number of aromatic nitrogens is 2. The summed E-state index contributed by atoms with van der Waals surface area (Å²) >= 11 is 1.37. The Morgan fingerprint density at radius 3 is 2.55 bits per heavy atom. The minimum Gasteiger partial charge on any atom is -0.376 e. The van der Waals surface area contributed by atoms with Crippen molar-refractivity contribution >= 4 is 29.1 Å². The van der Waals surface area contributed by atoms with Gasteiger partial charge in [-0.3, -0.25) is 19.5 Å². The summed E-state index contributed by atoms with van der Waals surface area (Å²) in [5, 5.41) is 4.84. The summed E-state index contributed by atoms with van der Waals surface area (Å²) in [5.74, 6) is 0.356. The highest BCUT2D eigenvalue weighted by Crippen LogP contribution is 2.26. The maximum Gasteiger partial charge on any atom is 0.264 e. The van der Waals surface area contributed by atoms with Crippen LogP contribution in [0.2, 0.25) is 0 Å². The summed E-state index contributed by atoms with van der Waals surface area (Å²) in [5.41, 5.74) is 3.83. The Hall–Kier alpha value is -3.75. The molecule has 196 valence electrons. The molecule has 1 aliphatic heterocycles. The van der Waals surface area contributed by atoms with E-state index in [-0.39, 0.29) is 24.5 Å². The molecule has 3 heterocycles. The molecule has 2 aromatic carbocycles. The molecule has 0 radical (unpaired) electrons. The molecule has 2 aromatic heterocycles. The lowest BCUT2D eigenvalue weighted by atomic mass is 10.0. The molecule has 1 saturated heterocycles. The standard InChI is InChI=1S/C30H32N4O3S/c1-21(2)22-12-14-24(15-13-22)34-19-26(23-8-4-3-5-9-23)31-30(34)32-28(35)20-33(18-25-10-6-16-37-25)29(36)27-11-7-17-38-27/h3-5,7-9,11-15,17,19,21,25H,6,10,16,18,20H2,1-2H3,(H,31,32,35)/t25-/m1/s1. The van der Waals surface area contributed by atoms with Crippen LogP contribution in [0.4, 0.5) is 5.95 Å². The van der Waals surface area contributed by atoms with Gasteiger partial charge >= 0.3 is 0 Å². The van der Waals surface area contributed by atoms with Gasteiger partial charge in [-0.1, -0.05) is 62.4 Å². The monoisotopic (exact) mass is 528 g/mol. The van der Waals surface area contributed by atoms with Gasteiger partial charge in [-0.05, 0) is 47.9 Å². The van der Waals surface area contributed by atoms with Crippen LogP contribution in [-0.2, 0) is 9.53 Å². The first kappa shape index (κ1) is 25.9. The first-order chi connectivity index (χ1) is 18.5. The highest BCUT2D eigenvalue weighted by molar-refractivity contribution is 7.12. The Morgan fingerprint density at radius 1 is 1.11 bits per heavy atom. The van der Waals surface area contributed by atoms with Crippen molar-refractivity contribution in [2.24, 2.45) is 0 Å². The molecule has 1 fully saturated rings. The van der Waals surface area contributed by atoms with Crippen molar-refractivity contribution in [2.45, 2.75) is 38.7 Å². The zero-order valence-corrected chi connectivity index (χ0v) is 22.5. The van der Waals surface area contributed by atoms with Gasteiger partial charge < -0.3 is 9.64 Å². The normalized spacial score (nSPS) is 15.1. The summed E-state index contributed by atoms with van der Waals surface area (Å²) in [7, 11) is 0. The molecule has 0 aliphatic carbocycles. The smallest absolute Gasteiger partial charge is 0.264 e. The number of carbonyl (C=O) groups is 2. The lowest BCUT2D eigenvalue weighted by molar-refractivity contribution is -0.117. The second-order valence-electron chi connectivity index (χ2n) is 9.78. The predicted molar refractivity (Wildman–Crippen MR) is 151 cm³/mol. The minimum absolute atomic E-state index is 0.0575. The number of imidazole rings is 1. The molecule has 0 spiro atoms. The molecule has 8 heteroatoms. The highest BCUT2D eigenvalue weighted by Gasteiger charge is 2.26. The second kappa shape index (κ2) is 11.8. The van der Waals surface area contributed by atoms with E-state index in [0.717, 1.165) is 29.8 Å². The van der Waals surface area contributed by atoms with Gasteiger partial charge in [0.15, 0.2) is 0 Å². The van der Waals surface area contributed by atoms with E-state index in [4.69, 9.17) is 9.72 Å². The van der Waals surface area contributed by atoms with Crippen LogP contribution in [0.3, 0.4) is 0 Å². The molecule has 0 unspecified atom stereocenters. The lowest BCUT2D eigenvalue weighted by Crippen LogP contribution is -2.42. The van der Waals surface area contributed by atoms with Crippen LogP contribution in [0.1, 0.15) is 47.8 Å². The number of nitrogens with zero attached hydrogens (tertiary/aromatic N) is 3. The Kier molecular flexibility index (Phi) is 8.00. The largest absolute Gasteiger partial charge is 0.376 e. The van der Waals surface area contributed by atoms with Gasteiger partial charge in [0.05, 0.1) is 16.7 Å². The molecular formula is C30H32N4O3S. The third-order valence-electron chi connectivity index (χ3n) is 6.67. The molecule has 7 nitrogen and oxygen atoms in total. The number of carbonyl (C=O) groups excluding carboxylic acids is 2. The van der Waals surface area contributed by atoms with Crippen molar-refractivity contribution in [3.63, 3.8) is 0 Å². The van der Waals surface area contributed by atoms with Gasteiger partial charge in [-0.2, -0.15) is 0 Å². The number of benzene rings is 2. The molecule has 1 aliphatic rings. The maximum atomic E-state index is 13.3. The maximum absolute atomic E-state index is 13.3. The van der Waals surface area contributed by atoms with Crippen molar-refractivity contribution in [1.82, 2.24) is 14.5 Å². The van der Waals surface area contributed by atoms with E-state index in [1.54, 1.807) is 11.0 Å². The average molecular weight is 529 g/mol. The summed E-state index contributed by atoms with van der Waals surface area (Å²) in [6, 6.07) is 21.7. The molecule has 5 rings (SSSR count). The molecule has 1 atom stereocenters. The fraction of sp³-hybridized carbons (Fsp3) is 0.300. The van der Waals surface area contributed by atoms with E-state index in [1.165, 1.54) is 16.9 Å². The van der Waals surface area contributed by atoms with Gasteiger partial charge in [-0.15, -0.1) is 11.3 Å². The molecule has 1 N–H and O–H groups in total. The number of ether oxygens (including phenoxy) is 1. The Labute approximate surface area is 227 Å². The van der Waals surface area contributed by atoms with Gasteiger partial charge in [0.25, 0.3) is 5.91 Å². The number of anilines is 1. The Balaban J connectivity index is 1.41. The number of rotatable bonds is 9. The fourth-order valence-electron chi connectivity index (χ4n) is 4.58. The quantitative estimate of drug-likeness (QED) is 0.290. The number of nitrogens with one attached hydrogen (secondary N) is 1. The van der Waals surface area contributed by atoms with E-state index in [9.17, 15) is 9.59 Å². The second-order valence-corrected chi connectivity index (χ2v) is 10.7. The molecule has 38 heavy (non-hydrogen) atoms. The van der Waals surface area contributed by atoms with Crippen molar-refractivity contribution in [1.29, 1.82) is 0 Å². The number of hydrogen-bond donors (Lipinski definition) is 1. The van der Waals surface area contributed by atoms with Crippen molar-refractivity contribution in [3.8, 4) is 16.9 Å². The molecular weight excluding hydrogens is 496 g/mol. The van der Waals surface area contributed by atoms with Crippen LogP contribution in [0.25, 0.3) is 16.9 Å². The summed E-state index contributed by atoms with van der Waals surface area (Å²) < 4.78 is 7.65. The molecule has 0 saturated carbocycles. The SMILES string of the molecule is CC(C)c1ccc(-n2cc(-c3ccccc3)nc2NC(=O)CN(C[C@H]2CCCO2)C(=O)c2cccs2)cc1. The molecule has 4 aromatic rings. The summed E-state index contributed by atoms with van der Waals surface area (Å²) in [6.45, 7) is 5.30. The third kappa shape index (κ3) is 6.03. The van der Waals surface area contributed by atoms with Crippen molar-refractivity contribution in [3.05, 3.63) is 88.7 Å². The molecule has 2 amide bonds. The van der Waals surface area contributed by atoms with Crippen LogP contribution >= 0.6 is 11.3 Å². The number of thiophene rings is 1. The van der Waals surface area contributed by atoms with E-state index in [2.05, 4.69) is 31.3 Å². The van der Waals surface area contributed by atoms with E-state index >= 15 is 0 Å². The lowest BCUT2D eigenvalue weighted by Gasteiger charge is -2.24. The predicted octanol–water partition coefficient (Wildman–Crippen LogP) is 5.98. The first-order valence-corrected chi connectivity index (χ1v) is 13.9. The van der Waals surface area contributed by atoms with Crippen LogP contribution in [0, 0.1) is 0 Å². The van der Waals surface area contributed by atoms with E-state index < -0.39 is 0 Å². The fourth-order valence-corrected chi connectivity index (χ4v) is 5.27. The minimum atomic E-state index is -0.307.